The van der Waals surface area contributed by atoms with Crippen molar-refractivity contribution in [3.8, 4) is 11.4 Å². The van der Waals surface area contributed by atoms with Crippen molar-refractivity contribution in [2.75, 3.05) is 21.1 Å². The second-order valence-electron chi connectivity index (χ2n) is 3.79. The molecular formula is C12H15FN4. The fraction of sp³-hybridized carbons (Fsp3) is 0.250. The molecule has 2 rings (SSSR count). The molecular weight excluding hydrogens is 219 g/mol. The van der Waals surface area contributed by atoms with Gasteiger partial charge in [-0.2, -0.15) is 14.4 Å². The summed E-state index contributed by atoms with van der Waals surface area (Å²) in [4.78, 5) is 12.7. The Labute approximate surface area is 100 Å². The third kappa shape index (κ3) is 5.12. The summed E-state index contributed by atoms with van der Waals surface area (Å²) in [6.07, 6.45) is 0.402. The second-order valence-corrected chi connectivity index (χ2v) is 3.79. The summed E-state index contributed by atoms with van der Waals surface area (Å²) in [7, 11) is 6.00. The molecule has 0 saturated heterocycles. The minimum absolute atomic E-state index is 0.355. The standard InChI is InChI=1S/C9H6FN3.C3H9N/c10-9-12-6-11-8(13-9)7-4-2-1-3-5-7;1-4(2)3/h1-6H;1-3H3. The number of aromatic nitrogens is 3. The lowest BCUT2D eigenvalue weighted by atomic mass is 10.2. The van der Waals surface area contributed by atoms with Crippen LogP contribution in [0.25, 0.3) is 11.4 Å². The molecule has 0 saturated carbocycles. The maximum absolute atomic E-state index is 12.6. The molecule has 1 aromatic carbocycles. The first kappa shape index (κ1) is 13.2. The number of benzene rings is 1. The Morgan fingerprint density at radius 3 is 2.12 bits per heavy atom. The van der Waals surface area contributed by atoms with Crippen molar-refractivity contribution < 1.29 is 4.39 Å². The van der Waals surface area contributed by atoms with Gasteiger partial charge in [-0.3, -0.25) is 0 Å². The minimum atomic E-state index is -0.756. The van der Waals surface area contributed by atoms with Crippen LogP contribution in [0.3, 0.4) is 0 Å². The number of rotatable bonds is 1. The molecule has 0 atom stereocenters. The molecule has 0 amide bonds. The van der Waals surface area contributed by atoms with E-state index in [1.165, 1.54) is 0 Å². The lowest BCUT2D eigenvalue weighted by Crippen LogP contribution is -1.99. The van der Waals surface area contributed by atoms with Crippen molar-refractivity contribution in [1.82, 2.24) is 19.9 Å². The third-order valence-corrected chi connectivity index (χ3v) is 1.57. The lowest BCUT2D eigenvalue weighted by molar-refractivity contribution is 0.505. The highest BCUT2D eigenvalue weighted by Gasteiger charge is 2.00. The van der Waals surface area contributed by atoms with E-state index in [2.05, 4.69) is 15.0 Å². The molecule has 1 heterocycles. The molecule has 0 bridgehead atoms. The highest BCUT2D eigenvalue weighted by molar-refractivity contribution is 5.53. The third-order valence-electron chi connectivity index (χ3n) is 1.57. The van der Waals surface area contributed by atoms with Gasteiger partial charge >= 0.3 is 6.08 Å². The van der Waals surface area contributed by atoms with Crippen molar-refractivity contribution in [2.45, 2.75) is 0 Å². The van der Waals surface area contributed by atoms with E-state index in [1.54, 1.807) is 0 Å². The van der Waals surface area contributed by atoms with Crippen LogP contribution in [-0.2, 0) is 0 Å². The molecule has 2 aromatic rings. The number of halogens is 1. The zero-order valence-corrected chi connectivity index (χ0v) is 10.1. The zero-order chi connectivity index (χ0) is 12.7. The van der Waals surface area contributed by atoms with Gasteiger partial charge in [0.1, 0.15) is 6.33 Å². The van der Waals surface area contributed by atoms with Crippen LogP contribution in [0.2, 0.25) is 0 Å². The molecule has 5 heteroatoms. The molecule has 0 aliphatic rings. The topological polar surface area (TPSA) is 41.9 Å². The van der Waals surface area contributed by atoms with Crippen LogP contribution >= 0.6 is 0 Å². The van der Waals surface area contributed by atoms with Crippen LogP contribution in [0.15, 0.2) is 36.7 Å². The van der Waals surface area contributed by atoms with Crippen molar-refractivity contribution in [2.24, 2.45) is 0 Å². The van der Waals surface area contributed by atoms with Gasteiger partial charge in [-0.25, -0.2) is 4.98 Å². The fourth-order valence-corrected chi connectivity index (χ4v) is 1.00. The predicted molar refractivity (Wildman–Crippen MR) is 64.8 cm³/mol. The van der Waals surface area contributed by atoms with Gasteiger partial charge in [0.15, 0.2) is 5.82 Å². The van der Waals surface area contributed by atoms with E-state index in [0.717, 1.165) is 11.9 Å². The Balaban J connectivity index is 0.000000317. The molecule has 17 heavy (non-hydrogen) atoms. The molecule has 0 aliphatic carbocycles. The van der Waals surface area contributed by atoms with Gasteiger partial charge in [-0.15, -0.1) is 0 Å². The van der Waals surface area contributed by atoms with Gasteiger partial charge < -0.3 is 4.90 Å². The highest BCUT2D eigenvalue weighted by Crippen LogP contribution is 2.11. The predicted octanol–water partition coefficient (Wildman–Crippen LogP) is 1.86. The summed E-state index contributed by atoms with van der Waals surface area (Å²) in [5, 5.41) is 0. The smallest absolute Gasteiger partial charge is 0.312 e. The fourth-order valence-electron chi connectivity index (χ4n) is 1.00. The molecule has 0 N–H and O–H groups in total. The monoisotopic (exact) mass is 234 g/mol. The maximum Gasteiger partial charge on any atom is 0.312 e. The number of hydrogen-bond donors (Lipinski definition) is 0. The Morgan fingerprint density at radius 2 is 1.59 bits per heavy atom. The summed E-state index contributed by atoms with van der Waals surface area (Å²) in [6, 6.07) is 9.19. The SMILES string of the molecule is CN(C)C.Fc1ncnc(-c2ccccc2)n1. The van der Waals surface area contributed by atoms with Gasteiger partial charge in [0.05, 0.1) is 0 Å². The van der Waals surface area contributed by atoms with Gasteiger partial charge in [0.25, 0.3) is 0 Å². The quantitative estimate of drug-likeness (QED) is 0.755. The van der Waals surface area contributed by atoms with Gasteiger partial charge in [0, 0.05) is 5.56 Å². The zero-order valence-electron chi connectivity index (χ0n) is 10.1. The van der Waals surface area contributed by atoms with E-state index in [1.807, 2.05) is 56.4 Å². The van der Waals surface area contributed by atoms with Crippen molar-refractivity contribution in [3.05, 3.63) is 42.7 Å². The van der Waals surface area contributed by atoms with Crippen LogP contribution in [0.4, 0.5) is 4.39 Å². The summed E-state index contributed by atoms with van der Waals surface area (Å²) < 4.78 is 12.6. The summed E-state index contributed by atoms with van der Waals surface area (Å²) in [5.41, 5.74) is 0.781. The maximum atomic E-state index is 12.6. The van der Waals surface area contributed by atoms with Gasteiger partial charge in [0.2, 0.25) is 0 Å². The Hall–Kier alpha value is -1.88. The Morgan fingerprint density at radius 1 is 1.00 bits per heavy atom. The molecule has 0 aliphatic heterocycles. The van der Waals surface area contributed by atoms with E-state index in [-0.39, 0.29) is 0 Å². The first-order valence-corrected chi connectivity index (χ1v) is 5.10. The van der Waals surface area contributed by atoms with Crippen molar-refractivity contribution in [1.29, 1.82) is 0 Å². The first-order chi connectivity index (χ1) is 8.09. The Bertz CT molecular complexity index is 443. The molecule has 0 radical (unpaired) electrons. The highest BCUT2D eigenvalue weighted by atomic mass is 19.1. The van der Waals surface area contributed by atoms with Crippen molar-refractivity contribution in [3.63, 3.8) is 0 Å². The summed E-state index contributed by atoms with van der Waals surface area (Å²) in [5.74, 6) is 0.355. The van der Waals surface area contributed by atoms with E-state index in [4.69, 9.17) is 0 Å². The Kier molecular flexibility index (Phi) is 5.16. The molecule has 0 spiro atoms. The van der Waals surface area contributed by atoms with Crippen LogP contribution in [0, 0.1) is 6.08 Å². The first-order valence-electron chi connectivity index (χ1n) is 5.10. The molecule has 4 nitrogen and oxygen atoms in total. The van der Waals surface area contributed by atoms with E-state index < -0.39 is 6.08 Å². The number of hydrogen-bond acceptors (Lipinski definition) is 4. The second kappa shape index (κ2) is 6.65. The summed E-state index contributed by atoms with van der Waals surface area (Å²) >= 11 is 0. The molecule has 1 aromatic heterocycles. The average molecular weight is 234 g/mol. The summed E-state index contributed by atoms with van der Waals surface area (Å²) in [6.45, 7) is 0. The number of nitrogens with zero attached hydrogens (tertiary/aromatic N) is 4. The van der Waals surface area contributed by atoms with E-state index in [0.29, 0.717) is 5.82 Å². The molecule has 0 unspecified atom stereocenters. The molecule has 0 fully saturated rings. The van der Waals surface area contributed by atoms with E-state index >= 15 is 0 Å². The van der Waals surface area contributed by atoms with Crippen LogP contribution < -0.4 is 0 Å². The van der Waals surface area contributed by atoms with Gasteiger partial charge in [-0.05, 0) is 21.1 Å². The normalized spacial score (nSPS) is 9.71. The average Bonchev–Trinajstić information content (AvgIpc) is 2.29. The van der Waals surface area contributed by atoms with Crippen LogP contribution in [0.1, 0.15) is 0 Å². The molecule has 90 valence electrons. The van der Waals surface area contributed by atoms with Crippen molar-refractivity contribution >= 4 is 0 Å². The van der Waals surface area contributed by atoms with E-state index in [9.17, 15) is 4.39 Å². The van der Waals surface area contributed by atoms with Crippen LogP contribution in [-0.4, -0.2) is 41.0 Å². The minimum Gasteiger partial charge on any atom is -0.312 e. The van der Waals surface area contributed by atoms with Gasteiger partial charge in [-0.1, -0.05) is 30.3 Å². The largest absolute Gasteiger partial charge is 0.312 e. The lowest BCUT2D eigenvalue weighted by Gasteiger charge is -1.96. The van der Waals surface area contributed by atoms with Crippen LogP contribution in [0.5, 0.6) is 0 Å².